The minimum absolute atomic E-state index is 0.204. The Morgan fingerprint density at radius 3 is 3.05 bits per heavy atom. The fraction of sp³-hybridized carbons (Fsp3) is 0.643. The fourth-order valence-electron chi connectivity index (χ4n) is 2.59. The van der Waals surface area contributed by atoms with E-state index in [1.165, 1.54) is 10.4 Å². The Morgan fingerprint density at radius 1 is 1.42 bits per heavy atom. The van der Waals surface area contributed by atoms with Crippen LogP contribution in [-0.2, 0) is 11.2 Å². The van der Waals surface area contributed by atoms with Crippen LogP contribution in [-0.4, -0.2) is 18.5 Å². The molecule has 1 fully saturated rings. The van der Waals surface area contributed by atoms with E-state index in [4.69, 9.17) is 11.6 Å². The van der Waals surface area contributed by atoms with Gasteiger partial charge in [-0.05, 0) is 50.3 Å². The van der Waals surface area contributed by atoms with Crippen molar-refractivity contribution in [2.75, 3.05) is 6.54 Å². The molecule has 0 spiro atoms. The second-order valence-electron chi connectivity index (χ2n) is 5.42. The Morgan fingerprint density at radius 2 is 2.26 bits per heavy atom. The molecule has 2 N–H and O–H groups in total. The molecule has 5 heteroatoms. The Hall–Kier alpha value is -0.580. The number of fused-ring (bicyclic) bond motifs is 1. The summed E-state index contributed by atoms with van der Waals surface area (Å²) >= 11 is 7.74. The van der Waals surface area contributed by atoms with Crippen molar-refractivity contribution >= 4 is 28.8 Å². The normalized spacial score (nSPS) is 21.4. The smallest absolute Gasteiger partial charge is 0.220 e. The van der Waals surface area contributed by atoms with Crippen LogP contribution in [0.25, 0.3) is 0 Å². The molecular formula is C14H19ClN2OS. The number of hydrogen-bond acceptors (Lipinski definition) is 3. The number of hydrogen-bond donors (Lipinski definition) is 2. The zero-order valence-electron chi connectivity index (χ0n) is 10.9. The zero-order valence-corrected chi connectivity index (χ0v) is 12.4. The first-order chi connectivity index (χ1) is 9.22. The van der Waals surface area contributed by atoms with Gasteiger partial charge in [0.05, 0.1) is 4.34 Å². The van der Waals surface area contributed by atoms with Gasteiger partial charge in [-0.25, -0.2) is 0 Å². The highest BCUT2D eigenvalue weighted by atomic mass is 35.5. The lowest BCUT2D eigenvalue weighted by atomic mass is 10.1. The quantitative estimate of drug-likeness (QED) is 0.793. The van der Waals surface area contributed by atoms with Crippen molar-refractivity contribution in [3.05, 3.63) is 20.8 Å². The van der Waals surface area contributed by atoms with E-state index >= 15 is 0 Å². The predicted molar refractivity (Wildman–Crippen MR) is 78.8 cm³/mol. The molecule has 3 nitrogen and oxygen atoms in total. The van der Waals surface area contributed by atoms with E-state index in [1.54, 1.807) is 11.3 Å². The highest BCUT2D eigenvalue weighted by Crippen LogP contribution is 2.39. The molecule has 1 atom stereocenters. The standard InChI is InChI=1S/C14H19ClN2OS/c15-13-8-10-11(5-6-12(10)19-13)16-7-1-2-14(18)17-9-3-4-9/h8-9,11,16H,1-7H2,(H,17,18). The van der Waals surface area contributed by atoms with E-state index in [0.717, 1.165) is 43.0 Å². The molecule has 1 aromatic heterocycles. The van der Waals surface area contributed by atoms with E-state index in [0.29, 0.717) is 18.5 Å². The fourth-order valence-corrected chi connectivity index (χ4v) is 3.95. The minimum Gasteiger partial charge on any atom is -0.353 e. The van der Waals surface area contributed by atoms with Gasteiger partial charge in [-0.15, -0.1) is 11.3 Å². The first kappa shape index (κ1) is 13.4. The largest absolute Gasteiger partial charge is 0.353 e. The number of carbonyl (C=O) groups excluding carboxylic acids is 1. The second kappa shape index (κ2) is 5.81. The Kier molecular flexibility index (Phi) is 4.10. The van der Waals surface area contributed by atoms with Crippen LogP contribution in [0.4, 0.5) is 0 Å². The molecular weight excluding hydrogens is 280 g/mol. The summed E-state index contributed by atoms with van der Waals surface area (Å²) in [6, 6.07) is 3.00. The topological polar surface area (TPSA) is 41.1 Å². The third-order valence-corrected chi connectivity index (χ3v) is 5.10. The summed E-state index contributed by atoms with van der Waals surface area (Å²) in [4.78, 5) is 13.0. The predicted octanol–water partition coefficient (Wildman–Crippen LogP) is 3.04. The Balaban J connectivity index is 1.37. The van der Waals surface area contributed by atoms with Crippen molar-refractivity contribution < 1.29 is 4.79 Å². The van der Waals surface area contributed by atoms with Crippen molar-refractivity contribution in [3.63, 3.8) is 0 Å². The van der Waals surface area contributed by atoms with Crippen LogP contribution in [0.15, 0.2) is 6.07 Å². The molecule has 2 aliphatic carbocycles. The first-order valence-electron chi connectivity index (χ1n) is 7.03. The highest BCUT2D eigenvalue weighted by molar-refractivity contribution is 7.16. The average molecular weight is 299 g/mol. The van der Waals surface area contributed by atoms with Crippen molar-refractivity contribution in [1.82, 2.24) is 10.6 Å². The second-order valence-corrected chi connectivity index (χ2v) is 7.19. The Labute approximate surface area is 122 Å². The summed E-state index contributed by atoms with van der Waals surface area (Å²) < 4.78 is 0.889. The summed E-state index contributed by atoms with van der Waals surface area (Å²) in [6.07, 6.45) is 6.15. The van der Waals surface area contributed by atoms with E-state index < -0.39 is 0 Å². The van der Waals surface area contributed by atoms with Gasteiger partial charge in [-0.3, -0.25) is 4.79 Å². The third kappa shape index (κ3) is 3.50. The summed E-state index contributed by atoms with van der Waals surface area (Å²) in [5, 5.41) is 6.56. The van der Waals surface area contributed by atoms with Crippen LogP contribution < -0.4 is 10.6 Å². The SMILES string of the molecule is O=C(CCCNC1CCc2sc(Cl)cc21)NC1CC1. The Bertz CT molecular complexity index is 470. The van der Waals surface area contributed by atoms with Crippen molar-refractivity contribution in [2.45, 2.75) is 50.6 Å². The summed E-state index contributed by atoms with van der Waals surface area (Å²) in [7, 11) is 0. The monoisotopic (exact) mass is 298 g/mol. The van der Waals surface area contributed by atoms with Gasteiger partial charge in [0.1, 0.15) is 0 Å². The van der Waals surface area contributed by atoms with Gasteiger partial charge in [0.2, 0.25) is 5.91 Å². The lowest BCUT2D eigenvalue weighted by Crippen LogP contribution is -2.27. The van der Waals surface area contributed by atoms with E-state index in [1.807, 2.05) is 0 Å². The van der Waals surface area contributed by atoms with Crippen LogP contribution >= 0.6 is 22.9 Å². The van der Waals surface area contributed by atoms with Crippen LogP contribution in [0, 0.1) is 0 Å². The van der Waals surface area contributed by atoms with Gasteiger partial charge in [-0.1, -0.05) is 11.6 Å². The maximum absolute atomic E-state index is 11.5. The van der Waals surface area contributed by atoms with Crippen molar-refractivity contribution in [1.29, 1.82) is 0 Å². The van der Waals surface area contributed by atoms with Gasteiger partial charge in [-0.2, -0.15) is 0 Å². The van der Waals surface area contributed by atoms with Crippen molar-refractivity contribution in [3.8, 4) is 0 Å². The maximum Gasteiger partial charge on any atom is 0.220 e. The number of aryl methyl sites for hydroxylation is 1. The minimum atomic E-state index is 0.204. The lowest BCUT2D eigenvalue weighted by molar-refractivity contribution is -0.121. The van der Waals surface area contributed by atoms with E-state index in [9.17, 15) is 4.79 Å². The number of carbonyl (C=O) groups is 1. The van der Waals surface area contributed by atoms with Gasteiger partial charge < -0.3 is 10.6 Å². The molecule has 19 heavy (non-hydrogen) atoms. The van der Waals surface area contributed by atoms with Crippen molar-refractivity contribution in [2.24, 2.45) is 0 Å². The number of nitrogens with one attached hydrogen (secondary N) is 2. The molecule has 0 aliphatic heterocycles. The maximum atomic E-state index is 11.5. The molecule has 1 amide bonds. The van der Waals surface area contributed by atoms with Crippen LogP contribution in [0.1, 0.15) is 48.6 Å². The molecule has 1 unspecified atom stereocenters. The zero-order chi connectivity index (χ0) is 13.2. The van der Waals surface area contributed by atoms with Gasteiger partial charge in [0.25, 0.3) is 0 Å². The lowest BCUT2D eigenvalue weighted by Gasteiger charge is -2.12. The summed E-state index contributed by atoms with van der Waals surface area (Å²) in [5.41, 5.74) is 1.37. The highest BCUT2D eigenvalue weighted by Gasteiger charge is 2.25. The number of rotatable bonds is 6. The molecule has 1 heterocycles. The molecule has 0 radical (unpaired) electrons. The molecule has 104 valence electrons. The van der Waals surface area contributed by atoms with E-state index in [-0.39, 0.29) is 5.91 Å². The third-order valence-electron chi connectivity index (χ3n) is 3.76. The van der Waals surface area contributed by atoms with Gasteiger partial charge in [0.15, 0.2) is 0 Å². The molecule has 0 saturated heterocycles. The van der Waals surface area contributed by atoms with Gasteiger partial charge in [0, 0.05) is 23.4 Å². The van der Waals surface area contributed by atoms with Gasteiger partial charge >= 0.3 is 0 Å². The molecule has 1 aromatic rings. The molecule has 3 rings (SSSR count). The number of halogens is 1. The van der Waals surface area contributed by atoms with Crippen LogP contribution in [0.3, 0.4) is 0 Å². The number of thiophene rings is 1. The first-order valence-corrected chi connectivity index (χ1v) is 8.22. The average Bonchev–Trinajstić information content (AvgIpc) is 2.98. The van der Waals surface area contributed by atoms with E-state index in [2.05, 4.69) is 16.7 Å². The number of amides is 1. The summed E-state index contributed by atoms with van der Waals surface area (Å²) in [5.74, 6) is 0.204. The molecule has 0 aromatic carbocycles. The summed E-state index contributed by atoms with van der Waals surface area (Å²) in [6.45, 7) is 0.898. The molecule has 2 aliphatic rings. The molecule has 1 saturated carbocycles. The van der Waals surface area contributed by atoms with Crippen LogP contribution in [0.2, 0.25) is 4.34 Å². The molecule has 0 bridgehead atoms. The van der Waals surface area contributed by atoms with Crippen LogP contribution in [0.5, 0.6) is 0 Å².